The van der Waals surface area contributed by atoms with E-state index in [1.165, 1.54) is 62.3 Å². The number of nitrogen functional groups attached to an aromatic ring is 1. The molecular formula is C27H39NO3S. The number of aryl methyl sites for hydroxylation is 1. The molecule has 0 fully saturated rings. The average molecular weight is 458 g/mol. The van der Waals surface area contributed by atoms with Crippen LogP contribution < -0.4 is 5.73 Å². The molecule has 0 aromatic heterocycles. The second kappa shape index (κ2) is 15.0. The number of carboxylic acids is 1. The van der Waals surface area contributed by atoms with Gasteiger partial charge >= 0.3 is 5.97 Å². The third kappa shape index (κ3) is 10.1. The number of aliphatic carboxylic acids is 1. The first kappa shape index (κ1) is 26.3. The first-order valence-corrected chi connectivity index (χ1v) is 13.0. The number of aliphatic hydroxyl groups excluding tert-OH is 1. The highest BCUT2D eigenvalue weighted by molar-refractivity contribution is 7.99. The average Bonchev–Trinajstić information content (AvgIpc) is 2.78. The Hall–Kier alpha value is -1.98. The van der Waals surface area contributed by atoms with Gasteiger partial charge in [0, 0.05) is 16.3 Å². The minimum Gasteiger partial charge on any atom is -0.481 e. The maximum absolute atomic E-state index is 11.8. The van der Waals surface area contributed by atoms with Crippen molar-refractivity contribution in [3.63, 3.8) is 0 Å². The van der Waals surface area contributed by atoms with Gasteiger partial charge in [-0.05, 0) is 55.0 Å². The fourth-order valence-corrected chi connectivity index (χ4v) is 4.82. The zero-order chi connectivity index (χ0) is 23.2. The highest BCUT2D eigenvalue weighted by atomic mass is 32.2. The molecule has 2 aromatic rings. The summed E-state index contributed by atoms with van der Waals surface area (Å²) in [7, 11) is 0. The highest BCUT2D eigenvalue weighted by Gasteiger charge is 2.21. The largest absolute Gasteiger partial charge is 0.481 e. The van der Waals surface area contributed by atoms with Gasteiger partial charge in [0.15, 0.2) is 0 Å². The lowest BCUT2D eigenvalue weighted by atomic mass is 9.92. The van der Waals surface area contributed by atoms with Crippen molar-refractivity contribution in [2.75, 3.05) is 11.5 Å². The van der Waals surface area contributed by atoms with Crippen LogP contribution in [0.2, 0.25) is 0 Å². The summed E-state index contributed by atoms with van der Waals surface area (Å²) in [5, 5.41) is 20.1. The number of benzene rings is 2. The van der Waals surface area contributed by atoms with Crippen LogP contribution in [0, 0.1) is 0 Å². The number of nitrogens with two attached hydrogens (primary N) is 1. The highest BCUT2D eigenvalue weighted by Crippen LogP contribution is 2.26. The molecule has 4 N–H and O–H groups in total. The molecule has 2 rings (SSSR count). The predicted octanol–water partition coefficient (Wildman–Crippen LogP) is 6.66. The van der Waals surface area contributed by atoms with Crippen LogP contribution in [0.15, 0.2) is 53.4 Å². The van der Waals surface area contributed by atoms with Crippen LogP contribution in [-0.2, 0) is 11.2 Å². The molecule has 0 aliphatic rings. The van der Waals surface area contributed by atoms with Crippen molar-refractivity contribution in [2.24, 2.45) is 0 Å². The van der Waals surface area contributed by atoms with Gasteiger partial charge in [0.1, 0.15) is 0 Å². The van der Waals surface area contributed by atoms with Crippen LogP contribution in [0.3, 0.4) is 0 Å². The Labute approximate surface area is 197 Å². The van der Waals surface area contributed by atoms with Crippen LogP contribution in [0.25, 0.3) is 0 Å². The lowest BCUT2D eigenvalue weighted by molar-refractivity contribution is -0.139. The molecule has 0 aliphatic heterocycles. The van der Waals surface area contributed by atoms with Crippen molar-refractivity contribution in [1.82, 2.24) is 0 Å². The van der Waals surface area contributed by atoms with E-state index >= 15 is 0 Å². The van der Waals surface area contributed by atoms with Crippen molar-refractivity contribution in [3.05, 3.63) is 59.7 Å². The summed E-state index contributed by atoms with van der Waals surface area (Å²) in [6.07, 6.45) is 10.4. The number of aliphatic hydroxyl groups is 1. The number of thioether (sulfide) groups is 1. The van der Waals surface area contributed by atoms with Gasteiger partial charge in [-0.25, -0.2) is 0 Å². The molecule has 0 aliphatic carbocycles. The molecule has 0 amide bonds. The fourth-order valence-electron chi connectivity index (χ4n) is 3.87. The third-order valence-corrected chi connectivity index (χ3v) is 6.98. The molecule has 0 bridgehead atoms. The van der Waals surface area contributed by atoms with Gasteiger partial charge in [0.25, 0.3) is 0 Å². The third-order valence-electron chi connectivity index (χ3n) is 5.84. The summed E-state index contributed by atoms with van der Waals surface area (Å²) in [5.74, 6) is -0.900. The zero-order valence-electron chi connectivity index (χ0n) is 19.3. The first-order valence-electron chi connectivity index (χ1n) is 12.0. The maximum atomic E-state index is 11.8. The summed E-state index contributed by atoms with van der Waals surface area (Å²) < 4.78 is 0. The summed E-state index contributed by atoms with van der Waals surface area (Å²) in [6, 6.07) is 15.6. The Kier molecular flexibility index (Phi) is 12.3. The van der Waals surface area contributed by atoms with Gasteiger partial charge in [-0.1, -0.05) is 75.8 Å². The second-order valence-corrected chi connectivity index (χ2v) is 9.71. The Morgan fingerprint density at radius 3 is 2.31 bits per heavy atom. The van der Waals surface area contributed by atoms with Crippen molar-refractivity contribution < 1.29 is 15.0 Å². The number of hydrogen-bond donors (Lipinski definition) is 3. The molecule has 4 nitrogen and oxygen atoms in total. The van der Waals surface area contributed by atoms with Crippen LogP contribution in [-0.4, -0.2) is 28.0 Å². The smallest absolute Gasteiger partial charge is 0.310 e. The van der Waals surface area contributed by atoms with Crippen molar-refractivity contribution >= 4 is 23.4 Å². The molecule has 32 heavy (non-hydrogen) atoms. The number of hydrogen-bond acceptors (Lipinski definition) is 4. The molecule has 2 unspecified atom stereocenters. The lowest BCUT2D eigenvalue weighted by Crippen LogP contribution is -2.17. The molecular weight excluding hydrogens is 418 g/mol. The van der Waals surface area contributed by atoms with Crippen LogP contribution in [0.5, 0.6) is 0 Å². The summed E-state index contributed by atoms with van der Waals surface area (Å²) in [5.41, 5.74) is 8.57. The van der Waals surface area contributed by atoms with Gasteiger partial charge in [0.2, 0.25) is 0 Å². The van der Waals surface area contributed by atoms with E-state index in [9.17, 15) is 15.0 Å². The van der Waals surface area contributed by atoms with Crippen LogP contribution >= 0.6 is 11.8 Å². The minimum absolute atomic E-state index is 0.422. The van der Waals surface area contributed by atoms with Gasteiger partial charge in [-0.2, -0.15) is 0 Å². The van der Waals surface area contributed by atoms with Gasteiger partial charge in [-0.3, -0.25) is 4.79 Å². The molecule has 0 radical (unpaired) electrons. The molecule has 2 aromatic carbocycles. The quantitative estimate of drug-likeness (QED) is 0.149. The number of anilines is 1. The lowest BCUT2D eigenvalue weighted by Gasteiger charge is -2.16. The summed E-state index contributed by atoms with van der Waals surface area (Å²) in [6.45, 7) is 2.24. The number of unbranched alkanes of at least 4 members (excludes halogenated alkanes) is 6. The molecule has 0 saturated heterocycles. The fraction of sp³-hybridized carbons (Fsp3) is 0.519. The molecule has 2 atom stereocenters. The first-order chi connectivity index (χ1) is 15.5. The van der Waals surface area contributed by atoms with Crippen LogP contribution in [0.1, 0.15) is 81.8 Å². The molecule has 0 spiro atoms. The summed E-state index contributed by atoms with van der Waals surface area (Å²) >= 11 is 1.54. The Morgan fingerprint density at radius 2 is 1.66 bits per heavy atom. The van der Waals surface area contributed by atoms with E-state index in [0.717, 1.165) is 16.9 Å². The second-order valence-electron chi connectivity index (χ2n) is 8.62. The molecule has 0 saturated carbocycles. The number of carbonyl (C=O) groups is 1. The van der Waals surface area contributed by atoms with E-state index in [-0.39, 0.29) is 0 Å². The minimum atomic E-state index is -0.833. The van der Waals surface area contributed by atoms with E-state index in [1.807, 2.05) is 36.4 Å². The van der Waals surface area contributed by atoms with Gasteiger partial charge < -0.3 is 15.9 Å². The maximum Gasteiger partial charge on any atom is 0.310 e. The SMILES string of the molecule is CCCCCCCCCc1ccc(C(CCC(O)CSc2cccc(N)c2)C(=O)O)cc1. The normalized spacial score (nSPS) is 13.1. The number of carboxylic acid groups (broad SMARTS) is 1. The number of rotatable bonds is 16. The Balaban J connectivity index is 1.75. The van der Waals surface area contributed by atoms with E-state index in [2.05, 4.69) is 19.1 Å². The Morgan fingerprint density at radius 1 is 0.969 bits per heavy atom. The van der Waals surface area contributed by atoms with Crippen molar-refractivity contribution in [1.29, 1.82) is 0 Å². The van der Waals surface area contributed by atoms with Crippen molar-refractivity contribution in [3.8, 4) is 0 Å². The van der Waals surface area contributed by atoms with E-state index < -0.39 is 18.0 Å². The van der Waals surface area contributed by atoms with E-state index in [1.54, 1.807) is 0 Å². The molecule has 5 heteroatoms. The summed E-state index contributed by atoms with van der Waals surface area (Å²) in [4.78, 5) is 12.8. The van der Waals surface area contributed by atoms with Gasteiger partial charge in [0.05, 0.1) is 12.0 Å². The van der Waals surface area contributed by atoms with Gasteiger partial charge in [-0.15, -0.1) is 11.8 Å². The Bertz CT molecular complexity index is 794. The van der Waals surface area contributed by atoms with E-state index in [4.69, 9.17) is 5.73 Å². The zero-order valence-corrected chi connectivity index (χ0v) is 20.2. The van der Waals surface area contributed by atoms with E-state index in [0.29, 0.717) is 24.3 Å². The van der Waals surface area contributed by atoms with Crippen LogP contribution in [0.4, 0.5) is 5.69 Å². The monoisotopic (exact) mass is 457 g/mol. The predicted molar refractivity (Wildman–Crippen MR) is 135 cm³/mol. The standard InChI is InChI=1S/C27H39NO3S/c1-2-3-4-5-6-7-8-10-21-13-15-22(16-14-21)26(27(30)31)18-17-24(29)20-32-25-12-9-11-23(28)19-25/h9,11-16,19,24,26,29H,2-8,10,17-18,20,28H2,1H3,(H,30,31). The molecule has 176 valence electrons. The topological polar surface area (TPSA) is 83.5 Å². The van der Waals surface area contributed by atoms with Crippen molar-refractivity contribution in [2.45, 2.75) is 88.0 Å². The molecule has 0 heterocycles.